The molecule has 114 valence electrons. The lowest BCUT2D eigenvalue weighted by molar-refractivity contribution is 0.289. The Kier molecular flexibility index (Phi) is 4.85. The second-order valence-electron chi connectivity index (χ2n) is 4.64. The maximum Gasteiger partial charge on any atom is 0.166 e. The molecule has 5 heteroatoms. The molecule has 3 aromatic rings. The van der Waals surface area contributed by atoms with Crippen LogP contribution in [-0.4, -0.2) is 28.9 Å². The Morgan fingerprint density at radius 1 is 1.00 bits per heavy atom. The molecule has 0 unspecified atom stereocenters. The van der Waals surface area contributed by atoms with Crippen molar-refractivity contribution in [1.82, 2.24) is 9.97 Å². The highest BCUT2D eigenvalue weighted by Gasteiger charge is 2.05. The van der Waals surface area contributed by atoms with Gasteiger partial charge in [-0.05, 0) is 31.2 Å². The number of hydrogen-bond donors (Lipinski definition) is 1. The molecule has 0 spiro atoms. The number of aromatic nitrogens is 2. The third-order valence-corrected chi connectivity index (χ3v) is 3.93. The van der Waals surface area contributed by atoms with E-state index >= 15 is 0 Å². The lowest BCUT2D eigenvalue weighted by Gasteiger charge is -2.10. The number of thioether (sulfide) groups is 1. The van der Waals surface area contributed by atoms with Crippen LogP contribution in [0.1, 0.15) is 6.92 Å². The van der Waals surface area contributed by atoms with E-state index in [2.05, 4.69) is 9.97 Å². The maximum absolute atomic E-state index is 5.80. The van der Waals surface area contributed by atoms with E-state index in [1.807, 2.05) is 55.5 Å². The van der Waals surface area contributed by atoms with Crippen molar-refractivity contribution in [2.24, 2.45) is 0 Å². The molecule has 22 heavy (non-hydrogen) atoms. The fraction of sp³-hybridized carbons (Fsp3) is 0.235. The second kappa shape index (κ2) is 7.22. The summed E-state index contributed by atoms with van der Waals surface area (Å²) in [5, 5.41) is 0.919. The standard InChI is InChI=1S/C17H18N2O2S/c1-2-20-15-9-5-6-10-16(15)21-11-12-22-17-18-13-7-3-4-8-14(13)19-17/h3-10H,2,11-12H2,1H3,(H,18,19). The van der Waals surface area contributed by atoms with E-state index in [1.54, 1.807) is 11.8 Å². The quantitative estimate of drug-likeness (QED) is 0.526. The number of nitrogens with one attached hydrogen (secondary N) is 1. The Morgan fingerprint density at radius 3 is 2.50 bits per heavy atom. The van der Waals surface area contributed by atoms with Crippen molar-refractivity contribution in [3.05, 3.63) is 48.5 Å². The molecule has 0 aliphatic rings. The zero-order valence-corrected chi connectivity index (χ0v) is 13.2. The molecule has 0 aliphatic heterocycles. The number of ether oxygens (including phenoxy) is 2. The number of nitrogens with zero attached hydrogens (tertiary/aromatic N) is 1. The fourth-order valence-electron chi connectivity index (χ4n) is 2.13. The third-order valence-electron chi connectivity index (χ3n) is 3.10. The van der Waals surface area contributed by atoms with Crippen molar-refractivity contribution in [2.75, 3.05) is 19.0 Å². The molecule has 0 bridgehead atoms. The molecule has 0 atom stereocenters. The Bertz CT molecular complexity index is 709. The number of imidazole rings is 1. The van der Waals surface area contributed by atoms with Crippen LogP contribution in [0.4, 0.5) is 0 Å². The Labute approximate surface area is 133 Å². The van der Waals surface area contributed by atoms with Gasteiger partial charge in [-0.2, -0.15) is 0 Å². The van der Waals surface area contributed by atoms with Gasteiger partial charge in [0.15, 0.2) is 16.7 Å². The van der Waals surface area contributed by atoms with Gasteiger partial charge in [0.05, 0.1) is 24.2 Å². The minimum atomic E-state index is 0.603. The summed E-state index contributed by atoms with van der Waals surface area (Å²) in [5.41, 5.74) is 2.06. The molecule has 0 amide bonds. The zero-order chi connectivity index (χ0) is 15.2. The van der Waals surface area contributed by atoms with E-state index in [1.165, 1.54) is 0 Å². The van der Waals surface area contributed by atoms with E-state index in [0.29, 0.717) is 13.2 Å². The summed E-state index contributed by atoms with van der Waals surface area (Å²) in [6, 6.07) is 15.8. The third kappa shape index (κ3) is 3.54. The summed E-state index contributed by atoms with van der Waals surface area (Å²) in [6.07, 6.45) is 0. The first kappa shape index (κ1) is 14.8. The van der Waals surface area contributed by atoms with Crippen LogP contribution in [0, 0.1) is 0 Å². The summed E-state index contributed by atoms with van der Waals surface area (Å²) in [4.78, 5) is 7.83. The van der Waals surface area contributed by atoms with Crippen molar-refractivity contribution in [3.63, 3.8) is 0 Å². The first-order valence-corrected chi connectivity index (χ1v) is 8.27. The van der Waals surface area contributed by atoms with Gasteiger partial charge in [-0.25, -0.2) is 4.98 Å². The molecule has 4 nitrogen and oxygen atoms in total. The van der Waals surface area contributed by atoms with E-state index in [9.17, 15) is 0 Å². The molecule has 1 heterocycles. The van der Waals surface area contributed by atoms with Crippen molar-refractivity contribution in [2.45, 2.75) is 12.1 Å². The second-order valence-corrected chi connectivity index (χ2v) is 5.72. The first-order chi connectivity index (χ1) is 10.9. The number of benzene rings is 2. The van der Waals surface area contributed by atoms with Crippen molar-refractivity contribution in [1.29, 1.82) is 0 Å². The average molecular weight is 314 g/mol. The van der Waals surface area contributed by atoms with Crippen LogP contribution >= 0.6 is 11.8 Å². The highest BCUT2D eigenvalue weighted by Crippen LogP contribution is 2.27. The number of fused-ring (bicyclic) bond motifs is 1. The lowest BCUT2D eigenvalue weighted by Crippen LogP contribution is -2.02. The summed E-state index contributed by atoms with van der Waals surface area (Å²) in [5.74, 6) is 2.40. The predicted molar refractivity (Wildman–Crippen MR) is 89.9 cm³/mol. The van der Waals surface area contributed by atoms with E-state index < -0.39 is 0 Å². The Morgan fingerprint density at radius 2 is 1.73 bits per heavy atom. The van der Waals surface area contributed by atoms with Crippen LogP contribution in [0.25, 0.3) is 11.0 Å². The molecule has 1 N–H and O–H groups in total. The topological polar surface area (TPSA) is 47.1 Å². The maximum atomic E-state index is 5.80. The molecular weight excluding hydrogens is 296 g/mol. The van der Waals surface area contributed by atoms with Crippen molar-refractivity contribution < 1.29 is 9.47 Å². The molecule has 0 radical (unpaired) electrons. The minimum Gasteiger partial charge on any atom is -0.490 e. The molecule has 0 saturated heterocycles. The van der Waals surface area contributed by atoms with Crippen molar-refractivity contribution in [3.8, 4) is 11.5 Å². The number of hydrogen-bond acceptors (Lipinski definition) is 4. The van der Waals surface area contributed by atoms with Gasteiger partial charge < -0.3 is 14.5 Å². The van der Waals surface area contributed by atoms with Gasteiger partial charge in [0.2, 0.25) is 0 Å². The smallest absolute Gasteiger partial charge is 0.166 e. The predicted octanol–water partition coefficient (Wildman–Crippen LogP) is 4.13. The number of rotatable bonds is 7. The minimum absolute atomic E-state index is 0.603. The molecule has 0 fully saturated rings. The molecule has 3 rings (SSSR count). The largest absolute Gasteiger partial charge is 0.490 e. The summed E-state index contributed by atoms with van der Waals surface area (Å²) in [6.45, 7) is 3.20. The Balaban J connectivity index is 1.53. The van der Waals surface area contributed by atoms with E-state index in [4.69, 9.17) is 9.47 Å². The fourth-order valence-corrected chi connectivity index (χ4v) is 2.84. The van der Waals surface area contributed by atoms with Gasteiger partial charge in [0, 0.05) is 5.75 Å². The van der Waals surface area contributed by atoms with E-state index in [0.717, 1.165) is 33.4 Å². The monoisotopic (exact) mass is 314 g/mol. The van der Waals surface area contributed by atoms with Crippen LogP contribution < -0.4 is 9.47 Å². The van der Waals surface area contributed by atoms with Crippen LogP contribution in [-0.2, 0) is 0 Å². The Hall–Kier alpha value is -2.14. The lowest BCUT2D eigenvalue weighted by atomic mass is 10.3. The van der Waals surface area contributed by atoms with Crippen molar-refractivity contribution >= 4 is 22.8 Å². The van der Waals surface area contributed by atoms with Crippen LogP contribution in [0.15, 0.2) is 53.7 Å². The van der Waals surface area contributed by atoms with Crippen LogP contribution in [0.2, 0.25) is 0 Å². The van der Waals surface area contributed by atoms with E-state index in [-0.39, 0.29) is 0 Å². The van der Waals surface area contributed by atoms with Gasteiger partial charge >= 0.3 is 0 Å². The molecule has 2 aromatic carbocycles. The summed E-state index contributed by atoms with van der Waals surface area (Å²) < 4.78 is 11.3. The van der Waals surface area contributed by atoms with Gasteiger partial charge in [0.25, 0.3) is 0 Å². The van der Waals surface area contributed by atoms with Gasteiger partial charge in [-0.15, -0.1) is 0 Å². The van der Waals surface area contributed by atoms with Crippen LogP contribution in [0.5, 0.6) is 11.5 Å². The SMILES string of the molecule is CCOc1ccccc1OCCSc1nc2ccccc2[nH]1. The number of aromatic amines is 1. The van der Waals surface area contributed by atoms with Gasteiger partial charge in [-0.1, -0.05) is 36.0 Å². The number of H-pyrrole nitrogens is 1. The zero-order valence-electron chi connectivity index (χ0n) is 12.4. The molecule has 0 aliphatic carbocycles. The normalized spacial score (nSPS) is 10.8. The highest BCUT2D eigenvalue weighted by molar-refractivity contribution is 7.99. The average Bonchev–Trinajstić information content (AvgIpc) is 2.96. The molecule has 0 saturated carbocycles. The summed E-state index contributed by atoms with van der Waals surface area (Å²) >= 11 is 1.65. The first-order valence-electron chi connectivity index (χ1n) is 7.29. The highest BCUT2D eigenvalue weighted by atomic mass is 32.2. The van der Waals surface area contributed by atoms with Gasteiger partial charge in [-0.3, -0.25) is 0 Å². The molecular formula is C17H18N2O2S. The summed E-state index contributed by atoms with van der Waals surface area (Å²) in [7, 11) is 0. The van der Waals surface area contributed by atoms with Gasteiger partial charge in [0.1, 0.15) is 0 Å². The van der Waals surface area contributed by atoms with Crippen LogP contribution in [0.3, 0.4) is 0 Å². The molecule has 1 aromatic heterocycles. The number of para-hydroxylation sites is 4.